The van der Waals surface area contributed by atoms with Crippen molar-refractivity contribution < 1.29 is 14.3 Å². The number of rotatable bonds is 5. The molecule has 4 aliphatic carbocycles. The van der Waals surface area contributed by atoms with E-state index in [2.05, 4.69) is 60.5 Å². The molecule has 2 amide bonds. The fourth-order valence-corrected chi connectivity index (χ4v) is 12.3. The molecule has 0 radical (unpaired) electrons. The highest BCUT2D eigenvalue weighted by Gasteiger charge is 2.68. The molecular weight excluding hydrogens is 550 g/mol. The standard InChI is InChI=1S/C36H61N5O3/c1-23-8-13-36(38-21-23)24(2)33-30(44-36)19-29-27-7-6-25-18-26(9-11-34(25,3)28(27)10-12-35(29,33)4)39-32(43)20-31(42)37-22-41-16-14-40(5)15-17-41/h23-30,33,38H,6-22H2,1-5H3,(H,37,42)(H,39,43)/t23-,24+,25+,26+,27-,28+,29+,30+,33+,34+,35+,36-/m1/s1. The Balaban J connectivity index is 0.927. The van der Waals surface area contributed by atoms with E-state index in [4.69, 9.17) is 4.74 Å². The van der Waals surface area contributed by atoms with Crippen molar-refractivity contribution in [3.63, 3.8) is 0 Å². The van der Waals surface area contributed by atoms with Gasteiger partial charge >= 0.3 is 0 Å². The molecule has 3 heterocycles. The number of amides is 2. The van der Waals surface area contributed by atoms with Crippen molar-refractivity contribution in [2.45, 2.75) is 116 Å². The maximum atomic E-state index is 12.9. The van der Waals surface area contributed by atoms with Crippen molar-refractivity contribution in [2.24, 2.45) is 52.3 Å². The Morgan fingerprint density at radius 1 is 0.886 bits per heavy atom. The lowest BCUT2D eigenvalue weighted by Crippen LogP contribution is -2.58. The topological polar surface area (TPSA) is 85.9 Å². The molecule has 0 aromatic carbocycles. The predicted octanol–water partition coefficient (Wildman–Crippen LogP) is 4.20. The lowest BCUT2D eigenvalue weighted by atomic mass is 9.44. The molecular formula is C36H61N5O3. The summed E-state index contributed by atoms with van der Waals surface area (Å²) in [7, 11) is 2.13. The summed E-state index contributed by atoms with van der Waals surface area (Å²) in [6, 6.07) is 0.207. The van der Waals surface area contributed by atoms with Crippen LogP contribution >= 0.6 is 0 Å². The number of piperazine rings is 1. The zero-order chi connectivity index (χ0) is 30.9. The Bertz CT molecular complexity index is 1090. The van der Waals surface area contributed by atoms with E-state index in [0.717, 1.165) is 69.2 Å². The quantitative estimate of drug-likeness (QED) is 0.404. The Morgan fingerprint density at radius 2 is 1.66 bits per heavy atom. The van der Waals surface area contributed by atoms with E-state index >= 15 is 0 Å². The van der Waals surface area contributed by atoms with Gasteiger partial charge in [0.05, 0.1) is 12.8 Å². The first kappa shape index (κ1) is 31.4. The molecule has 8 heteroatoms. The van der Waals surface area contributed by atoms with Crippen molar-refractivity contribution in [3.8, 4) is 0 Å². The van der Waals surface area contributed by atoms with Crippen LogP contribution in [0.25, 0.3) is 0 Å². The summed E-state index contributed by atoms with van der Waals surface area (Å²) in [5.41, 5.74) is 0.695. The molecule has 0 aromatic rings. The van der Waals surface area contributed by atoms with E-state index < -0.39 is 0 Å². The maximum absolute atomic E-state index is 12.9. The molecule has 7 aliphatic rings. The third kappa shape index (κ3) is 5.35. The van der Waals surface area contributed by atoms with Crippen LogP contribution in [0, 0.1) is 52.3 Å². The summed E-state index contributed by atoms with van der Waals surface area (Å²) in [4.78, 5) is 30.0. The number of nitrogens with one attached hydrogen (secondary N) is 3. The Morgan fingerprint density at radius 3 is 2.41 bits per heavy atom. The van der Waals surface area contributed by atoms with Gasteiger partial charge in [0.25, 0.3) is 0 Å². The summed E-state index contributed by atoms with van der Waals surface area (Å²) in [6.07, 6.45) is 12.8. The highest BCUT2D eigenvalue weighted by atomic mass is 16.5. The first-order valence-corrected chi connectivity index (χ1v) is 18.4. The van der Waals surface area contributed by atoms with Gasteiger partial charge in [0.2, 0.25) is 11.8 Å². The molecule has 8 nitrogen and oxygen atoms in total. The van der Waals surface area contributed by atoms with Crippen LogP contribution in [-0.4, -0.2) is 85.9 Å². The Labute approximate surface area is 266 Å². The fraction of sp³-hybridized carbons (Fsp3) is 0.944. The lowest BCUT2D eigenvalue weighted by Gasteiger charge is -2.61. The Kier molecular flexibility index (Phi) is 8.41. The van der Waals surface area contributed by atoms with Gasteiger partial charge < -0.3 is 20.3 Å². The summed E-state index contributed by atoms with van der Waals surface area (Å²) in [5.74, 6) is 4.84. The van der Waals surface area contributed by atoms with E-state index in [1.807, 2.05) is 0 Å². The van der Waals surface area contributed by atoms with Crippen LogP contribution in [-0.2, 0) is 14.3 Å². The molecule has 3 N–H and O–H groups in total. The van der Waals surface area contributed by atoms with Crippen molar-refractivity contribution in [3.05, 3.63) is 0 Å². The summed E-state index contributed by atoms with van der Waals surface area (Å²) < 4.78 is 7.09. The van der Waals surface area contributed by atoms with Crippen LogP contribution in [0.4, 0.5) is 0 Å². The molecule has 0 aromatic heterocycles. The van der Waals surface area contributed by atoms with E-state index in [9.17, 15) is 9.59 Å². The number of hydrogen-bond donors (Lipinski definition) is 3. The van der Waals surface area contributed by atoms with Gasteiger partial charge in [-0.25, -0.2) is 0 Å². The van der Waals surface area contributed by atoms with E-state index in [-0.39, 0.29) is 30.0 Å². The Hall–Kier alpha value is -1.22. The largest absolute Gasteiger partial charge is 0.357 e. The molecule has 3 aliphatic heterocycles. The van der Waals surface area contributed by atoms with Crippen molar-refractivity contribution >= 4 is 11.8 Å². The third-order valence-electron chi connectivity index (χ3n) is 14.9. The van der Waals surface area contributed by atoms with Crippen LogP contribution in [0.5, 0.6) is 0 Å². The van der Waals surface area contributed by atoms with Crippen molar-refractivity contribution in [1.29, 1.82) is 0 Å². The predicted molar refractivity (Wildman–Crippen MR) is 172 cm³/mol. The number of hydrogen-bond acceptors (Lipinski definition) is 6. The van der Waals surface area contributed by atoms with E-state index in [1.54, 1.807) is 0 Å². The van der Waals surface area contributed by atoms with Crippen LogP contribution in [0.2, 0.25) is 0 Å². The van der Waals surface area contributed by atoms with Gasteiger partial charge in [0.15, 0.2) is 0 Å². The molecule has 0 unspecified atom stereocenters. The average Bonchev–Trinajstić information content (AvgIpc) is 3.44. The summed E-state index contributed by atoms with van der Waals surface area (Å²) in [6.45, 7) is 15.7. The van der Waals surface area contributed by atoms with Gasteiger partial charge in [0.1, 0.15) is 12.1 Å². The first-order chi connectivity index (χ1) is 21.0. The lowest BCUT2D eigenvalue weighted by molar-refractivity contribution is -0.137. The van der Waals surface area contributed by atoms with Gasteiger partial charge in [-0.2, -0.15) is 0 Å². The van der Waals surface area contributed by atoms with Gasteiger partial charge in [-0.05, 0) is 118 Å². The second-order valence-corrected chi connectivity index (χ2v) is 17.2. The van der Waals surface area contributed by atoms with E-state index in [0.29, 0.717) is 41.4 Å². The molecule has 1 spiro atoms. The third-order valence-corrected chi connectivity index (χ3v) is 14.9. The maximum Gasteiger partial charge on any atom is 0.230 e. The van der Waals surface area contributed by atoms with Crippen LogP contribution in [0.1, 0.15) is 98.3 Å². The van der Waals surface area contributed by atoms with E-state index in [1.165, 1.54) is 51.4 Å². The van der Waals surface area contributed by atoms with Crippen LogP contribution < -0.4 is 16.0 Å². The SMILES string of the molecule is C[C@@H]1CC[C@@]2(NC1)O[C@H]1C[C@H]3[C@@H]4CC[C@H]5C[C@@H](NC(=O)CC(=O)NCN6CCN(C)CC6)CC[C@]5(C)[C@H]4CC[C@]3(C)[C@H]1[C@@H]2C. The molecule has 44 heavy (non-hydrogen) atoms. The van der Waals surface area contributed by atoms with Crippen molar-refractivity contribution in [2.75, 3.05) is 46.4 Å². The highest BCUT2D eigenvalue weighted by Crippen LogP contribution is 2.71. The van der Waals surface area contributed by atoms with Crippen LogP contribution in [0.15, 0.2) is 0 Å². The first-order valence-electron chi connectivity index (χ1n) is 18.4. The normalized spacial score (nSPS) is 49.1. The average molecular weight is 612 g/mol. The minimum absolute atomic E-state index is 0.0597. The second-order valence-electron chi connectivity index (χ2n) is 17.2. The number of carbonyl (C=O) groups is 2. The van der Waals surface area contributed by atoms with Gasteiger partial charge in [-0.1, -0.05) is 27.7 Å². The molecule has 4 saturated carbocycles. The zero-order valence-corrected chi connectivity index (χ0v) is 28.3. The van der Waals surface area contributed by atoms with Gasteiger partial charge in [-0.15, -0.1) is 0 Å². The second kappa shape index (κ2) is 11.8. The molecule has 7 rings (SSSR count). The number of piperidine rings is 1. The molecule has 7 fully saturated rings. The number of carbonyl (C=O) groups excluding carboxylic acids is 2. The van der Waals surface area contributed by atoms with Crippen molar-refractivity contribution in [1.82, 2.24) is 25.8 Å². The molecule has 3 saturated heterocycles. The molecule has 12 atom stereocenters. The highest BCUT2D eigenvalue weighted by molar-refractivity contribution is 5.96. The summed E-state index contributed by atoms with van der Waals surface area (Å²) >= 11 is 0. The minimum Gasteiger partial charge on any atom is -0.357 e. The molecule has 0 bridgehead atoms. The monoisotopic (exact) mass is 611 g/mol. The smallest absolute Gasteiger partial charge is 0.230 e. The minimum atomic E-state index is -0.160. The van der Waals surface area contributed by atoms with Gasteiger partial charge in [0, 0.05) is 44.7 Å². The molecule has 248 valence electrons. The zero-order valence-electron chi connectivity index (χ0n) is 28.3. The number of nitrogens with zero attached hydrogens (tertiary/aromatic N) is 2. The summed E-state index contributed by atoms with van der Waals surface area (Å²) in [5, 5.41) is 10.2. The van der Waals surface area contributed by atoms with Gasteiger partial charge in [-0.3, -0.25) is 19.8 Å². The number of likely N-dealkylation sites (N-methyl/N-ethyl adjacent to an activating group) is 1. The number of fused-ring (bicyclic) bond motifs is 7. The fourth-order valence-electron chi connectivity index (χ4n) is 12.3. The number of ether oxygens (including phenoxy) is 1. The van der Waals surface area contributed by atoms with Crippen LogP contribution in [0.3, 0.4) is 0 Å².